The van der Waals surface area contributed by atoms with Crippen molar-refractivity contribution >= 4 is 51.5 Å². The van der Waals surface area contributed by atoms with Crippen molar-refractivity contribution in [3.8, 4) is 0 Å². The third kappa shape index (κ3) is 6.11. The highest BCUT2D eigenvalue weighted by molar-refractivity contribution is 9.10. The maximum Gasteiger partial charge on any atom is 0.409 e. The number of hydrogen-bond acceptors (Lipinski definition) is 4. The number of ether oxygens (including phenoxy) is 1. The number of benzene rings is 2. The van der Waals surface area contributed by atoms with E-state index in [4.69, 9.17) is 16.3 Å². The largest absolute Gasteiger partial charge is 0.450 e. The molecule has 1 saturated heterocycles. The van der Waals surface area contributed by atoms with E-state index in [1.165, 1.54) is 0 Å². The first-order chi connectivity index (χ1) is 15.4. The monoisotopic (exact) mass is 519 g/mol. The van der Waals surface area contributed by atoms with E-state index in [-0.39, 0.29) is 17.2 Å². The highest BCUT2D eigenvalue weighted by Crippen LogP contribution is 2.18. The molecule has 3 rings (SSSR count). The summed E-state index contributed by atoms with van der Waals surface area (Å²) in [5.74, 6) is -0.811. The van der Waals surface area contributed by atoms with Crippen LogP contribution in [-0.4, -0.2) is 60.5 Å². The van der Waals surface area contributed by atoms with Crippen LogP contribution in [0, 0.1) is 0 Å². The average molecular weight is 521 g/mol. The van der Waals surface area contributed by atoms with Crippen molar-refractivity contribution in [1.29, 1.82) is 0 Å². The number of carbonyl (C=O) groups excluding carboxylic acids is 3. The predicted octanol–water partition coefficient (Wildman–Crippen LogP) is 4.17. The smallest absolute Gasteiger partial charge is 0.409 e. The van der Waals surface area contributed by atoms with E-state index in [0.717, 1.165) is 10.0 Å². The average Bonchev–Trinajstić information content (AvgIpc) is 2.80. The standard InChI is InChI=1S/C23H23BrClN3O4/c1-2-32-23(31)28-13-11-27(12-14-28)22(30)20(15-16-7-9-17(24)10-8-16)26-21(29)18-5-3-4-6-19(18)25/h3-10,15H,2,11-14H2,1H3,(H,26,29). The van der Waals surface area contributed by atoms with Crippen molar-refractivity contribution in [3.05, 3.63) is 74.9 Å². The third-order valence-electron chi connectivity index (χ3n) is 4.87. The summed E-state index contributed by atoms with van der Waals surface area (Å²) in [4.78, 5) is 41.2. The van der Waals surface area contributed by atoms with Crippen molar-refractivity contribution < 1.29 is 19.1 Å². The number of amides is 3. The first-order valence-electron chi connectivity index (χ1n) is 10.1. The number of nitrogens with one attached hydrogen (secondary N) is 1. The molecule has 0 saturated carbocycles. The van der Waals surface area contributed by atoms with Gasteiger partial charge in [-0.3, -0.25) is 9.59 Å². The lowest BCUT2D eigenvalue weighted by Gasteiger charge is -2.34. The van der Waals surface area contributed by atoms with Crippen molar-refractivity contribution in [3.63, 3.8) is 0 Å². The normalized spacial score (nSPS) is 14.2. The Hall–Kier alpha value is -2.84. The molecule has 1 N–H and O–H groups in total. The van der Waals surface area contributed by atoms with Gasteiger partial charge in [-0.15, -0.1) is 0 Å². The zero-order chi connectivity index (χ0) is 23.1. The molecule has 3 amide bonds. The first kappa shape index (κ1) is 23.8. The molecule has 2 aromatic rings. The topological polar surface area (TPSA) is 79.0 Å². The summed E-state index contributed by atoms with van der Waals surface area (Å²) >= 11 is 9.54. The molecule has 2 aromatic carbocycles. The Balaban J connectivity index is 1.80. The van der Waals surface area contributed by atoms with Crippen LogP contribution in [0.25, 0.3) is 6.08 Å². The summed E-state index contributed by atoms with van der Waals surface area (Å²) in [5, 5.41) is 3.01. The van der Waals surface area contributed by atoms with Gasteiger partial charge in [-0.2, -0.15) is 0 Å². The summed E-state index contributed by atoms with van der Waals surface area (Å²) in [5.41, 5.74) is 1.15. The van der Waals surface area contributed by atoms with Gasteiger partial charge in [0.2, 0.25) is 0 Å². The Labute approximate surface area is 200 Å². The van der Waals surface area contributed by atoms with E-state index < -0.39 is 12.0 Å². The van der Waals surface area contributed by atoms with Crippen LogP contribution in [0.3, 0.4) is 0 Å². The van der Waals surface area contributed by atoms with Crippen LogP contribution >= 0.6 is 27.5 Å². The summed E-state index contributed by atoms with van der Waals surface area (Å²) in [7, 11) is 0. The molecule has 0 atom stereocenters. The Kier molecular flexibility index (Phi) is 8.30. The zero-order valence-corrected chi connectivity index (χ0v) is 19.9. The lowest BCUT2D eigenvalue weighted by molar-refractivity contribution is -0.128. The quantitative estimate of drug-likeness (QED) is 0.600. The van der Waals surface area contributed by atoms with Gasteiger partial charge in [-0.1, -0.05) is 51.8 Å². The molecular formula is C23H23BrClN3O4. The van der Waals surface area contributed by atoms with E-state index in [2.05, 4.69) is 21.2 Å². The zero-order valence-electron chi connectivity index (χ0n) is 17.5. The van der Waals surface area contributed by atoms with Crippen LogP contribution in [0.2, 0.25) is 5.02 Å². The fourth-order valence-electron chi connectivity index (χ4n) is 3.19. The van der Waals surface area contributed by atoms with Gasteiger partial charge in [0.25, 0.3) is 11.8 Å². The summed E-state index contributed by atoms with van der Waals surface area (Å²) in [6.07, 6.45) is 1.23. The maximum absolute atomic E-state index is 13.3. The molecule has 1 heterocycles. The molecule has 0 aliphatic carbocycles. The van der Waals surface area contributed by atoms with Gasteiger partial charge < -0.3 is 19.9 Å². The summed E-state index contributed by atoms with van der Waals surface area (Å²) in [6, 6.07) is 14.0. The predicted molar refractivity (Wildman–Crippen MR) is 126 cm³/mol. The second-order valence-electron chi connectivity index (χ2n) is 7.02. The number of piperazine rings is 1. The van der Waals surface area contributed by atoms with Crippen LogP contribution < -0.4 is 5.32 Å². The first-order valence-corrected chi connectivity index (χ1v) is 11.3. The Morgan fingerprint density at radius 2 is 1.66 bits per heavy atom. The third-order valence-corrected chi connectivity index (χ3v) is 5.73. The van der Waals surface area contributed by atoms with Crippen LogP contribution in [0.1, 0.15) is 22.8 Å². The van der Waals surface area contributed by atoms with E-state index in [1.807, 2.05) is 24.3 Å². The Morgan fingerprint density at radius 1 is 1.03 bits per heavy atom. The van der Waals surface area contributed by atoms with Crippen LogP contribution in [0.4, 0.5) is 4.79 Å². The highest BCUT2D eigenvalue weighted by Gasteiger charge is 2.27. The van der Waals surface area contributed by atoms with Gasteiger partial charge >= 0.3 is 6.09 Å². The van der Waals surface area contributed by atoms with Crippen molar-refractivity contribution in [2.75, 3.05) is 32.8 Å². The van der Waals surface area contributed by atoms with Gasteiger partial charge in [0.1, 0.15) is 5.70 Å². The van der Waals surface area contributed by atoms with E-state index in [9.17, 15) is 14.4 Å². The second kappa shape index (κ2) is 11.2. The van der Waals surface area contributed by atoms with Gasteiger partial charge in [-0.05, 0) is 42.8 Å². The number of rotatable bonds is 5. The number of carbonyl (C=O) groups is 3. The minimum absolute atomic E-state index is 0.127. The molecule has 0 aromatic heterocycles. The van der Waals surface area contributed by atoms with Gasteiger partial charge in [0, 0.05) is 30.7 Å². The lowest BCUT2D eigenvalue weighted by Crippen LogP contribution is -2.52. The molecule has 0 unspecified atom stereocenters. The van der Waals surface area contributed by atoms with Crippen molar-refractivity contribution in [2.45, 2.75) is 6.92 Å². The van der Waals surface area contributed by atoms with E-state index >= 15 is 0 Å². The number of hydrogen-bond donors (Lipinski definition) is 1. The summed E-state index contributed by atoms with van der Waals surface area (Å²) in [6.45, 7) is 3.42. The molecule has 0 spiro atoms. The molecule has 7 nitrogen and oxygen atoms in total. The fraction of sp³-hybridized carbons (Fsp3) is 0.261. The molecule has 9 heteroatoms. The van der Waals surface area contributed by atoms with Gasteiger partial charge in [0.15, 0.2) is 0 Å². The summed E-state index contributed by atoms with van der Waals surface area (Å²) < 4.78 is 5.93. The highest BCUT2D eigenvalue weighted by atomic mass is 79.9. The van der Waals surface area contributed by atoms with Crippen molar-refractivity contribution in [1.82, 2.24) is 15.1 Å². The van der Waals surface area contributed by atoms with Gasteiger partial charge in [-0.25, -0.2) is 4.79 Å². The molecule has 1 fully saturated rings. The van der Waals surface area contributed by atoms with Crippen LogP contribution in [0.15, 0.2) is 58.7 Å². The van der Waals surface area contributed by atoms with E-state index in [0.29, 0.717) is 37.8 Å². The Morgan fingerprint density at radius 3 is 2.28 bits per heavy atom. The van der Waals surface area contributed by atoms with Crippen molar-refractivity contribution in [2.24, 2.45) is 0 Å². The fourth-order valence-corrected chi connectivity index (χ4v) is 3.68. The van der Waals surface area contributed by atoms with Gasteiger partial charge in [0.05, 0.1) is 17.2 Å². The van der Waals surface area contributed by atoms with E-state index in [1.54, 1.807) is 47.1 Å². The number of nitrogens with zero attached hydrogens (tertiary/aromatic N) is 2. The second-order valence-corrected chi connectivity index (χ2v) is 8.34. The SMILES string of the molecule is CCOC(=O)N1CCN(C(=O)C(=Cc2ccc(Br)cc2)NC(=O)c2ccccc2Cl)CC1. The molecule has 1 aliphatic heterocycles. The lowest BCUT2D eigenvalue weighted by atomic mass is 10.1. The number of halogens is 2. The maximum atomic E-state index is 13.3. The Bertz CT molecular complexity index is 1020. The minimum Gasteiger partial charge on any atom is -0.450 e. The molecule has 0 bridgehead atoms. The van der Waals surface area contributed by atoms with Crippen LogP contribution in [-0.2, 0) is 9.53 Å². The molecular weight excluding hydrogens is 498 g/mol. The molecule has 32 heavy (non-hydrogen) atoms. The van der Waals surface area contributed by atoms with Crippen LogP contribution in [0.5, 0.6) is 0 Å². The molecule has 0 radical (unpaired) electrons. The minimum atomic E-state index is -0.475. The molecule has 1 aliphatic rings. The molecule has 168 valence electrons.